The fourth-order valence-electron chi connectivity index (χ4n) is 3.08. The van der Waals surface area contributed by atoms with E-state index in [0.29, 0.717) is 36.7 Å². The van der Waals surface area contributed by atoms with Crippen molar-refractivity contribution in [2.24, 2.45) is 0 Å². The van der Waals surface area contributed by atoms with Crippen LogP contribution in [0.3, 0.4) is 0 Å². The lowest BCUT2D eigenvalue weighted by atomic mass is 10.1. The Morgan fingerprint density at radius 1 is 1.15 bits per heavy atom. The van der Waals surface area contributed by atoms with Gasteiger partial charge in [0.25, 0.3) is 0 Å². The Kier molecular flexibility index (Phi) is 5.43. The van der Waals surface area contributed by atoms with Crippen LogP contribution in [0.25, 0.3) is 0 Å². The van der Waals surface area contributed by atoms with Crippen molar-refractivity contribution in [3.8, 4) is 11.9 Å². The standard InChI is InChI=1S/C18H23N3O4S/c1-13-4-5-16(14(2)12-13)26(22,23)21-10-7-15(8-11-21)25-17-6-9-19-18(20-17)24-3/h4-6,9,12,15H,7-8,10-11H2,1-3H3. The number of methoxy groups -OCH3 is 1. The first-order chi connectivity index (χ1) is 12.4. The van der Waals surface area contributed by atoms with Gasteiger partial charge in [-0.05, 0) is 38.3 Å². The molecule has 0 radical (unpaired) electrons. The van der Waals surface area contributed by atoms with Crippen LogP contribution in [0.4, 0.5) is 0 Å². The molecule has 3 rings (SSSR count). The van der Waals surface area contributed by atoms with Gasteiger partial charge in [0.1, 0.15) is 6.10 Å². The van der Waals surface area contributed by atoms with Crippen molar-refractivity contribution in [1.82, 2.24) is 14.3 Å². The summed E-state index contributed by atoms with van der Waals surface area (Å²) in [5, 5.41) is 0. The summed E-state index contributed by atoms with van der Waals surface area (Å²) in [6, 6.07) is 7.33. The highest BCUT2D eigenvalue weighted by molar-refractivity contribution is 7.89. The maximum atomic E-state index is 12.9. The van der Waals surface area contributed by atoms with Gasteiger partial charge in [0.05, 0.1) is 12.0 Å². The van der Waals surface area contributed by atoms with Crippen molar-refractivity contribution in [3.63, 3.8) is 0 Å². The van der Waals surface area contributed by atoms with Gasteiger partial charge in [0, 0.05) is 25.4 Å². The Bertz CT molecular complexity index is 878. The summed E-state index contributed by atoms with van der Waals surface area (Å²) >= 11 is 0. The fourth-order valence-corrected chi connectivity index (χ4v) is 4.75. The molecule has 26 heavy (non-hydrogen) atoms. The molecule has 1 aliphatic heterocycles. The van der Waals surface area contributed by atoms with E-state index in [1.165, 1.54) is 11.4 Å². The molecule has 0 atom stereocenters. The van der Waals surface area contributed by atoms with Gasteiger partial charge >= 0.3 is 6.01 Å². The molecule has 1 fully saturated rings. The topological polar surface area (TPSA) is 81.6 Å². The third kappa shape index (κ3) is 3.96. The van der Waals surface area contributed by atoms with E-state index in [-0.39, 0.29) is 12.1 Å². The number of rotatable bonds is 5. The number of piperidine rings is 1. The van der Waals surface area contributed by atoms with Crippen LogP contribution < -0.4 is 9.47 Å². The minimum absolute atomic E-state index is 0.0832. The number of ether oxygens (including phenoxy) is 2. The van der Waals surface area contributed by atoms with E-state index < -0.39 is 10.0 Å². The smallest absolute Gasteiger partial charge is 0.319 e. The lowest BCUT2D eigenvalue weighted by Crippen LogP contribution is -2.42. The van der Waals surface area contributed by atoms with Crippen LogP contribution >= 0.6 is 0 Å². The molecule has 8 heteroatoms. The largest absolute Gasteiger partial charge is 0.474 e. The number of hydrogen-bond donors (Lipinski definition) is 0. The van der Waals surface area contributed by atoms with Crippen molar-refractivity contribution in [2.75, 3.05) is 20.2 Å². The molecule has 0 spiro atoms. The molecule has 1 aromatic heterocycles. The van der Waals surface area contributed by atoms with E-state index >= 15 is 0 Å². The van der Waals surface area contributed by atoms with Crippen LogP contribution in [0.15, 0.2) is 35.4 Å². The van der Waals surface area contributed by atoms with Crippen LogP contribution in [0, 0.1) is 13.8 Å². The zero-order valence-corrected chi connectivity index (χ0v) is 16.0. The van der Waals surface area contributed by atoms with E-state index in [1.54, 1.807) is 18.3 Å². The van der Waals surface area contributed by atoms with Gasteiger partial charge in [0.2, 0.25) is 15.9 Å². The van der Waals surface area contributed by atoms with Crippen LogP contribution in [0.5, 0.6) is 11.9 Å². The normalized spacial score (nSPS) is 16.4. The van der Waals surface area contributed by atoms with Crippen molar-refractivity contribution >= 4 is 10.0 Å². The average molecular weight is 377 g/mol. The summed E-state index contributed by atoms with van der Waals surface area (Å²) in [5.41, 5.74) is 1.82. The SMILES string of the molecule is COc1nccc(OC2CCN(S(=O)(=O)c3ccc(C)cc3C)CC2)n1. The number of hydrogen-bond acceptors (Lipinski definition) is 6. The zero-order chi connectivity index (χ0) is 18.7. The maximum Gasteiger partial charge on any atom is 0.319 e. The van der Waals surface area contributed by atoms with Crippen LogP contribution in [0.1, 0.15) is 24.0 Å². The predicted molar refractivity (Wildman–Crippen MR) is 96.9 cm³/mol. The highest BCUT2D eigenvalue weighted by atomic mass is 32.2. The molecule has 2 heterocycles. The van der Waals surface area contributed by atoms with Crippen LogP contribution in [-0.4, -0.2) is 49.0 Å². The van der Waals surface area contributed by atoms with Crippen LogP contribution in [-0.2, 0) is 10.0 Å². The van der Waals surface area contributed by atoms with Crippen LogP contribution in [0.2, 0.25) is 0 Å². The number of benzene rings is 1. The van der Waals surface area contributed by atoms with E-state index in [2.05, 4.69) is 9.97 Å². The van der Waals surface area contributed by atoms with Crippen molar-refractivity contribution in [3.05, 3.63) is 41.6 Å². The quantitative estimate of drug-likeness (QED) is 0.795. The van der Waals surface area contributed by atoms with Gasteiger partial charge < -0.3 is 9.47 Å². The molecule has 0 saturated carbocycles. The third-order valence-electron chi connectivity index (χ3n) is 4.43. The second kappa shape index (κ2) is 7.59. The molecule has 140 valence electrons. The molecule has 0 bridgehead atoms. The van der Waals surface area contributed by atoms with Gasteiger partial charge in [-0.3, -0.25) is 0 Å². The predicted octanol–water partition coefficient (Wildman–Crippen LogP) is 2.33. The maximum absolute atomic E-state index is 12.9. The van der Waals surface area contributed by atoms with Gasteiger partial charge in [-0.2, -0.15) is 9.29 Å². The zero-order valence-electron chi connectivity index (χ0n) is 15.2. The summed E-state index contributed by atoms with van der Waals surface area (Å²) in [5.74, 6) is 0.438. The first-order valence-electron chi connectivity index (χ1n) is 8.51. The van der Waals surface area contributed by atoms with Gasteiger partial charge in [-0.25, -0.2) is 13.4 Å². The molecule has 0 N–H and O–H groups in total. The minimum atomic E-state index is -3.48. The monoisotopic (exact) mass is 377 g/mol. The Morgan fingerprint density at radius 3 is 2.54 bits per heavy atom. The molecule has 1 saturated heterocycles. The highest BCUT2D eigenvalue weighted by Crippen LogP contribution is 2.25. The molecule has 0 unspecified atom stereocenters. The molecule has 0 amide bonds. The Morgan fingerprint density at radius 2 is 1.88 bits per heavy atom. The summed E-state index contributed by atoms with van der Waals surface area (Å²) in [6.45, 7) is 4.62. The molecule has 2 aromatic rings. The van der Waals surface area contributed by atoms with E-state index in [9.17, 15) is 8.42 Å². The van der Waals surface area contributed by atoms with Crippen molar-refractivity contribution < 1.29 is 17.9 Å². The number of aryl methyl sites for hydroxylation is 2. The molecular formula is C18H23N3O4S. The fraction of sp³-hybridized carbons (Fsp3) is 0.444. The average Bonchev–Trinajstić information content (AvgIpc) is 2.62. The summed E-state index contributed by atoms with van der Waals surface area (Å²) in [6.07, 6.45) is 2.70. The van der Waals surface area contributed by atoms with E-state index in [1.807, 2.05) is 26.0 Å². The molecule has 0 aliphatic carbocycles. The van der Waals surface area contributed by atoms with E-state index in [0.717, 1.165) is 11.1 Å². The number of sulfonamides is 1. The van der Waals surface area contributed by atoms with Crippen molar-refractivity contribution in [1.29, 1.82) is 0 Å². The number of aromatic nitrogens is 2. The second-order valence-corrected chi connectivity index (χ2v) is 8.28. The number of nitrogens with zero attached hydrogens (tertiary/aromatic N) is 3. The summed E-state index contributed by atoms with van der Waals surface area (Å²) < 4.78 is 38.2. The molecule has 1 aromatic carbocycles. The van der Waals surface area contributed by atoms with E-state index in [4.69, 9.17) is 9.47 Å². The van der Waals surface area contributed by atoms with Crippen molar-refractivity contribution in [2.45, 2.75) is 37.7 Å². The Labute approximate surface area is 154 Å². The Hall–Kier alpha value is -2.19. The highest BCUT2D eigenvalue weighted by Gasteiger charge is 2.31. The second-order valence-electron chi connectivity index (χ2n) is 6.37. The third-order valence-corrected chi connectivity index (χ3v) is 6.49. The Balaban J connectivity index is 1.65. The lowest BCUT2D eigenvalue weighted by Gasteiger charge is -2.31. The molecule has 1 aliphatic rings. The lowest BCUT2D eigenvalue weighted by molar-refractivity contribution is 0.128. The first-order valence-corrected chi connectivity index (χ1v) is 9.95. The summed E-state index contributed by atoms with van der Waals surface area (Å²) in [7, 11) is -1.99. The van der Waals surface area contributed by atoms with Gasteiger partial charge in [0.15, 0.2) is 0 Å². The summed E-state index contributed by atoms with van der Waals surface area (Å²) in [4.78, 5) is 8.45. The molecular weight excluding hydrogens is 354 g/mol. The van der Waals surface area contributed by atoms with Gasteiger partial charge in [-0.15, -0.1) is 0 Å². The van der Waals surface area contributed by atoms with Gasteiger partial charge in [-0.1, -0.05) is 17.7 Å². The minimum Gasteiger partial charge on any atom is -0.474 e. The molecule has 7 nitrogen and oxygen atoms in total. The first kappa shape index (κ1) is 18.6.